The summed E-state index contributed by atoms with van der Waals surface area (Å²) in [6.45, 7) is 10.1. The third-order valence-corrected chi connectivity index (χ3v) is 4.17. The minimum Gasteiger partial charge on any atom is -0.345 e. The van der Waals surface area contributed by atoms with Crippen LogP contribution in [0.2, 0.25) is 0 Å². The number of hydrogen-bond donors (Lipinski definition) is 1. The molecule has 0 unspecified atom stereocenters. The Labute approximate surface area is 126 Å². The molecule has 0 radical (unpaired) electrons. The lowest BCUT2D eigenvalue weighted by Gasteiger charge is -2.18. The van der Waals surface area contributed by atoms with Crippen LogP contribution in [0.5, 0.6) is 0 Å². The molecule has 0 bridgehead atoms. The Morgan fingerprint density at radius 3 is 2.24 bits per heavy atom. The van der Waals surface area contributed by atoms with E-state index < -0.39 is 0 Å². The fraction of sp³-hybridized carbons (Fsp3) is 0.412. The van der Waals surface area contributed by atoms with Gasteiger partial charge in [0.1, 0.15) is 0 Å². The zero-order valence-corrected chi connectivity index (χ0v) is 13.6. The molecule has 0 saturated carbocycles. The fourth-order valence-electron chi connectivity index (χ4n) is 2.57. The fourth-order valence-corrected chi connectivity index (χ4v) is 2.57. The van der Waals surface area contributed by atoms with Crippen molar-refractivity contribution in [3.05, 3.63) is 51.8 Å². The van der Waals surface area contributed by atoms with E-state index in [1.807, 2.05) is 47.9 Å². The lowest BCUT2D eigenvalue weighted by atomic mass is 9.93. The van der Waals surface area contributed by atoms with Crippen molar-refractivity contribution in [2.45, 2.75) is 40.7 Å². The molecule has 0 fully saturated rings. The largest absolute Gasteiger partial charge is 0.345 e. The molecule has 1 aromatic carbocycles. The van der Waals surface area contributed by atoms with Gasteiger partial charge in [0.15, 0.2) is 0 Å². The maximum absolute atomic E-state index is 12.6. The van der Waals surface area contributed by atoms with Crippen LogP contribution in [0.25, 0.3) is 0 Å². The Balaban J connectivity index is 2.29. The number of carbonyl (C=O) groups is 1. The quantitative estimate of drug-likeness (QED) is 0.941. The molecule has 2 rings (SSSR count). The third kappa shape index (κ3) is 2.99. The number of amides is 1. The van der Waals surface area contributed by atoms with Gasteiger partial charge >= 0.3 is 0 Å². The minimum atomic E-state index is -0.0641. The van der Waals surface area contributed by atoms with E-state index >= 15 is 0 Å². The first kappa shape index (κ1) is 15.3. The van der Waals surface area contributed by atoms with Gasteiger partial charge in [-0.2, -0.15) is 5.10 Å². The van der Waals surface area contributed by atoms with E-state index in [9.17, 15) is 4.79 Å². The summed E-state index contributed by atoms with van der Waals surface area (Å²) in [5.41, 5.74) is 6.20. The van der Waals surface area contributed by atoms with Gasteiger partial charge in [-0.25, -0.2) is 0 Å². The highest BCUT2D eigenvalue weighted by molar-refractivity contribution is 5.98. The zero-order chi connectivity index (χ0) is 15.7. The van der Waals surface area contributed by atoms with E-state index in [1.54, 1.807) is 10.9 Å². The first-order valence-corrected chi connectivity index (χ1v) is 7.18. The normalized spacial score (nSPS) is 12.3. The molecule has 4 nitrogen and oxygen atoms in total. The Hall–Kier alpha value is -2.10. The van der Waals surface area contributed by atoms with Crippen molar-refractivity contribution in [1.29, 1.82) is 0 Å². The van der Waals surface area contributed by atoms with Gasteiger partial charge in [-0.15, -0.1) is 0 Å². The number of benzene rings is 1. The molecular weight excluding hydrogens is 262 g/mol. The number of rotatable bonds is 3. The van der Waals surface area contributed by atoms with Gasteiger partial charge in [0.05, 0.1) is 12.2 Å². The van der Waals surface area contributed by atoms with Crippen LogP contribution in [0.15, 0.2) is 18.5 Å². The maximum Gasteiger partial charge on any atom is 0.252 e. The molecule has 0 saturated heterocycles. The molecule has 1 atom stereocenters. The van der Waals surface area contributed by atoms with Crippen molar-refractivity contribution in [2.24, 2.45) is 7.05 Å². The van der Waals surface area contributed by atoms with Crippen LogP contribution >= 0.6 is 0 Å². The molecule has 1 aromatic heterocycles. The predicted octanol–water partition coefficient (Wildman–Crippen LogP) is 3.14. The van der Waals surface area contributed by atoms with E-state index in [4.69, 9.17) is 0 Å². The first-order valence-electron chi connectivity index (χ1n) is 7.18. The van der Waals surface area contributed by atoms with Crippen LogP contribution in [0.1, 0.15) is 51.1 Å². The van der Waals surface area contributed by atoms with Gasteiger partial charge in [-0.1, -0.05) is 6.07 Å². The highest BCUT2D eigenvalue weighted by atomic mass is 16.1. The lowest BCUT2D eigenvalue weighted by molar-refractivity contribution is 0.0938. The topological polar surface area (TPSA) is 46.9 Å². The highest BCUT2D eigenvalue weighted by Gasteiger charge is 2.18. The van der Waals surface area contributed by atoms with Crippen molar-refractivity contribution in [3.63, 3.8) is 0 Å². The number of aromatic nitrogens is 2. The second kappa shape index (κ2) is 5.72. The SMILES string of the molecule is Cc1cc(C)c(C)c(C(=O)N[C@H](C)c2cnn(C)c2)c1C. The summed E-state index contributed by atoms with van der Waals surface area (Å²) < 4.78 is 1.74. The second-order valence-corrected chi connectivity index (χ2v) is 5.78. The summed E-state index contributed by atoms with van der Waals surface area (Å²) in [5, 5.41) is 7.22. The van der Waals surface area contributed by atoms with Gasteiger partial charge in [0.2, 0.25) is 0 Å². The monoisotopic (exact) mass is 285 g/mol. The van der Waals surface area contributed by atoms with E-state index in [0.717, 1.165) is 33.4 Å². The van der Waals surface area contributed by atoms with Gasteiger partial charge in [0, 0.05) is 24.4 Å². The van der Waals surface area contributed by atoms with Crippen LogP contribution in [0.3, 0.4) is 0 Å². The van der Waals surface area contributed by atoms with Gasteiger partial charge in [-0.05, 0) is 56.9 Å². The number of aryl methyl sites for hydroxylation is 3. The minimum absolute atomic E-state index is 0.0202. The van der Waals surface area contributed by atoms with E-state index in [-0.39, 0.29) is 11.9 Å². The second-order valence-electron chi connectivity index (χ2n) is 5.78. The van der Waals surface area contributed by atoms with Crippen LogP contribution in [-0.2, 0) is 7.05 Å². The summed E-state index contributed by atoms with van der Waals surface area (Å²) in [5.74, 6) is -0.0202. The Bertz CT molecular complexity index is 659. The Morgan fingerprint density at radius 2 is 1.76 bits per heavy atom. The zero-order valence-electron chi connectivity index (χ0n) is 13.6. The molecule has 0 aliphatic heterocycles. The molecule has 1 amide bonds. The highest BCUT2D eigenvalue weighted by Crippen LogP contribution is 2.22. The molecule has 112 valence electrons. The molecular formula is C17H23N3O. The number of nitrogens with zero attached hydrogens (tertiary/aromatic N) is 2. The number of carbonyl (C=O) groups excluding carboxylic acids is 1. The molecule has 0 aliphatic rings. The van der Waals surface area contributed by atoms with Crippen molar-refractivity contribution in [3.8, 4) is 0 Å². The molecule has 1 heterocycles. The first-order chi connectivity index (χ1) is 9.81. The van der Waals surface area contributed by atoms with Crippen LogP contribution in [-0.4, -0.2) is 15.7 Å². The summed E-state index contributed by atoms with van der Waals surface area (Å²) in [4.78, 5) is 12.6. The smallest absolute Gasteiger partial charge is 0.252 e. The van der Waals surface area contributed by atoms with Crippen molar-refractivity contribution in [1.82, 2.24) is 15.1 Å². The van der Waals surface area contributed by atoms with E-state index in [0.29, 0.717) is 0 Å². The number of nitrogens with one attached hydrogen (secondary N) is 1. The average molecular weight is 285 g/mol. The summed E-state index contributed by atoms with van der Waals surface area (Å²) in [7, 11) is 1.87. The van der Waals surface area contributed by atoms with Crippen molar-refractivity contribution < 1.29 is 4.79 Å². The standard InChI is InChI=1S/C17H23N3O/c1-10-7-11(2)13(4)16(12(10)3)17(21)19-14(5)15-8-18-20(6)9-15/h7-9,14H,1-6H3,(H,19,21)/t14-/m1/s1. The van der Waals surface area contributed by atoms with Crippen LogP contribution in [0.4, 0.5) is 0 Å². The molecule has 1 N–H and O–H groups in total. The summed E-state index contributed by atoms with van der Waals surface area (Å²) in [6, 6.07) is 2.07. The van der Waals surface area contributed by atoms with Crippen LogP contribution < -0.4 is 5.32 Å². The van der Waals surface area contributed by atoms with Crippen molar-refractivity contribution in [2.75, 3.05) is 0 Å². The molecule has 21 heavy (non-hydrogen) atoms. The van der Waals surface area contributed by atoms with Gasteiger partial charge in [0.25, 0.3) is 5.91 Å². The third-order valence-electron chi connectivity index (χ3n) is 4.17. The molecule has 4 heteroatoms. The molecule has 0 spiro atoms. The Kier molecular flexibility index (Phi) is 4.16. The van der Waals surface area contributed by atoms with Gasteiger partial charge < -0.3 is 5.32 Å². The van der Waals surface area contributed by atoms with Crippen LogP contribution in [0, 0.1) is 27.7 Å². The van der Waals surface area contributed by atoms with Crippen molar-refractivity contribution >= 4 is 5.91 Å². The molecule has 2 aromatic rings. The average Bonchev–Trinajstić information content (AvgIpc) is 2.83. The number of hydrogen-bond acceptors (Lipinski definition) is 2. The van der Waals surface area contributed by atoms with Gasteiger partial charge in [-0.3, -0.25) is 9.48 Å². The maximum atomic E-state index is 12.6. The molecule has 0 aliphatic carbocycles. The lowest BCUT2D eigenvalue weighted by Crippen LogP contribution is -2.28. The predicted molar refractivity (Wildman–Crippen MR) is 84.5 cm³/mol. The Morgan fingerprint density at radius 1 is 1.19 bits per heavy atom. The van der Waals surface area contributed by atoms with E-state index in [1.165, 1.54) is 0 Å². The summed E-state index contributed by atoms with van der Waals surface area (Å²) in [6.07, 6.45) is 3.71. The van der Waals surface area contributed by atoms with E-state index in [2.05, 4.69) is 16.5 Å². The summed E-state index contributed by atoms with van der Waals surface area (Å²) >= 11 is 0.